The van der Waals surface area contributed by atoms with Crippen molar-refractivity contribution in [3.8, 4) is 11.5 Å². The van der Waals surface area contributed by atoms with E-state index >= 15 is 0 Å². The Kier molecular flexibility index (Phi) is 7.38. The number of pyridine rings is 1. The zero-order chi connectivity index (χ0) is 23.4. The number of benzene rings is 1. The highest BCUT2D eigenvalue weighted by Crippen LogP contribution is 2.43. The smallest absolute Gasteiger partial charge is 0.328 e. The van der Waals surface area contributed by atoms with Gasteiger partial charge in [0.1, 0.15) is 12.1 Å². The van der Waals surface area contributed by atoms with Crippen LogP contribution in [0.2, 0.25) is 0 Å². The first kappa shape index (κ1) is 23.6. The number of methoxy groups -OCH3 is 1. The van der Waals surface area contributed by atoms with Gasteiger partial charge in [-0.15, -0.1) is 0 Å². The number of carbonyl (C=O) groups excluding carboxylic acids is 2. The molecule has 1 amide bonds. The summed E-state index contributed by atoms with van der Waals surface area (Å²) in [7, 11) is 1.38. The van der Waals surface area contributed by atoms with Crippen molar-refractivity contribution < 1.29 is 24.2 Å². The summed E-state index contributed by atoms with van der Waals surface area (Å²) in [6.07, 6.45) is 4.44. The third-order valence-corrected chi connectivity index (χ3v) is 6.27. The maximum atomic E-state index is 12.8. The molecule has 1 fully saturated rings. The normalized spacial score (nSPS) is 16.4. The summed E-state index contributed by atoms with van der Waals surface area (Å²) in [5.41, 5.74) is 3.40. The van der Waals surface area contributed by atoms with Gasteiger partial charge in [-0.2, -0.15) is 0 Å². The van der Waals surface area contributed by atoms with E-state index in [2.05, 4.69) is 42.3 Å². The van der Waals surface area contributed by atoms with Gasteiger partial charge in [-0.25, -0.2) is 9.78 Å². The van der Waals surface area contributed by atoms with Crippen LogP contribution in [0.25, 0.3) is 0 Å². The van der Waals surface area contributed by atoms with E-state index in [0.717, 1.165) is 12.8 Å². The molecule has 2 aromatic rings. The number of esters is 1. The molecular weight excluding hydrogens is 408 g/mol. The van der Waals surface area contributed by atoms with Gasteiger partial charge in [-0.1, -0.05) is 30.2 Å². The quantitative estimate of drug-likeness (QED) is 0.601. The standard InChI is InChI=1S/C25H32N2O5/c1-14-9-10-19(15(2)13-14)21(18-7-6-8-18)17(4)32-25(30)16(3)27-24(29)22-23(28)20(31-5)11-12-26-22/h9-13,16-18,21,28H,6-8H2,1-5H3,(H,27,29)/t16-,17-,21+/m0/s1. The van der Waals surface area contributed by atoms with E-state index in [1.165, 1.54) is 42.5 Å². The Morgan fingerprint density at radius 1 is 1.19 bits per heavy atom. The van der Waals surface area contributed by atoms with Gasteiger partial charge in [0.15, 0.2) is 17.2 Å². The van der Waals surface area contributed by atoms with E-state index < -0.39 is 17.9 Å². The predicted molar refractivity (Wildman–Crippen MR) is 121 cm³/mol. The lowest BCUT2D eigenvalue weighted by molar-refractivity contribution is -0.152. The average molecular weight is 441 g/mol. The molecule has 0 bridgehead atoms. The number of nitrogens with one attached hydrogen (secondary N) is 1. The van der Waals surface area contributed by atoms with E-state index in [-0.39, 0.29) is 29.2 Å². The molecule has 1 aliphatic rings. The van der Waals surface area contributed by atoms with Crippen LogP contribution < -0.4 is 10.1 Å². The van der Waals surface area contributed by atoms with Gasteiger partial charge in [0.05, 0.1) is 7.11 Å². The largest absolute Gasteiger partial charge is 0.503 e. The number of aromatic nitrogens is 1. The molecule has 172 valence electrons. The van der Waals surface area contributed by atoms with Crippen molar-refractivity contribution in [3.63, 3.8) is 0 Å². The van der Waals surface area contributed by atoms with Gasteiger partial charge in [-0.3, -0.25) is 4.79 Å². The zero-order valence-corrected chi connectivity index (χ0v) is 19.3. The van der Waals surface area contributed by atoms with Crippen molar-refractivity contribution in [3.05, 3.63) is 52.8 Å². The predicted octanol–water partition coefficient (Wildman–Crippen LogP) is 4.05. The average Bonchev–Trinajstić information content (AvgIpc) is 2.71. The number of hydrogen-bond acceptors (Lipinski definition) is 6. The lowest BCUT2D eigenvalue weighted by Crippen LogP contribution is -2.42. The molecule has 3 atom stereocenters. The van der Waals surface area contributed by atoms with Gasteiger partial charge in [0.2, 0.25) is 0 Å². The summed E-state index contributed by atoms with van der Waals surface area (Å²) in [5, 5.41) is 12.7. The molecule has 1 heterocycles. The molecule has 7 nitrogen and oxygen atoms in total. The van der Waals surface area contributed by atoms with Crippen molar-refractivity contribution >= 4 is 11.9 Å². The van der Waals surface area contributed by atoms with Crippen LogP contribution in [0.1, 0.15) is 66.2 Å². The van der Waals surface area contributed by atoms with Crippen LogP contribution in [-0.2, 0) is 9.53 Å². The van der Waals surface area contributed by atoms with Crippen LogP contribution in [-0.4, -0.2) is 41.2 Å². The molecule has 0 radical (unpaired) electrons. The lowest BCUT2D eigenvalue weighted by Gasteiger charge is -2.38. The molecule has 1 aromatic carbocycles. The molecule has 32 heavy (non-hydrogen) atoms. The number of amides is 1. The van der Waals surface area contributed by atoms with Crippen molar-refractivity contribution in [1.29, 1.82) is 0 Å². The first-order valence-electron chi connectivity index (χ1n) is 11.0. The molecular formula is C25H32N2O5. The number of hydrogen-bond donors (Lipinski definition) is 2. The third-order valence-electron chi connectivity index (χ3n) is 6.27. The minimum atomic E-state index is -0.904. The van der Waals surface area contributed by atoms with E-state index in [0.29, 0.717) is 5.92 Å². The highest BCUT2D eigenvalue weighted by atomic mass is 16.5. The summed E-state index contributed by atoms with van der Waals surface area (Å²) in [4.78, 5) is 29.2. The second-order valence-corrected chi connectivity index (χ2v) is 8.62. The number of aryl methyl sites for hydroxylation is 2. The number of aromatic hydroxyl groups is 1. The lowest BCUT2D eigenvalue weighted by atomic mass is 9.70. The Morgan fingerprint density at radius 2 is 1.91 bits per heavy atom. The van der Waals surface area contributed by atoms with E-state index in [1.54, 1.807) is 6.92 Å². The SMILES string of the molecule is COc1ccnc(C(=O)N[C@@H](C)C(=O)O[C@@H](C)[C@@H](c2ccc(C)cc2C)C2CCC2)c1O. The molecule has 1 aromatic heterocycles. The topological polar surface area (TPSA) is 97.8 Å². The van der Waals surface area contributed by atoms with Crippen LogP contribution in [0.3, 0.4) is 0 Å². The van der Waals surface area contributed by atoms with Crippen molar-refractivity contribution in [1.82, 2.24) is 10.3 Å². The number of ether oxygens (including phenoxy) is 2. The summed E-state index contributed by atoms with van der Waals surface area (Å²) in [6, 6.07) is 6.93. The van der Waals surface area contributed by atoms with E-state index in [9.17, 15) is 14.7 Å². The number of carbonyl (C=O) groups is 2. The second kappa shape index (κ2) is 10.0. The third kappa shape index (κ3) is 5.03. The maximum absolute atomic E-state index is 12.8. The summed E-state index contributed by atoms with van der Waals surface area (Å²) < 4.78 is 10.8. The zero-order valence-electron chi connectivity index (χ0n) is 19.3. The molecule has 3 rings (SSSR count). The van der Waals surface area contributed by atoms with E-state index in [1.807, 2.05) is 6.92 Å². The Morgan fingerprint density at radius 3 is 2.50 bits per heavy atom. The van der Waals surface area contributed by atoms with E-state index in [4.69, 9.17) is 9.47 Å². The first-order chi connectivity index (χ1) is 15.2. The Balaban J connectivity index is 1.69. The summed E-state index contributed by atoms with van der Waals surface area (Å²) in [6.45, 7) is 7.64. The highest BCUT2D eigenvalue weighted by molar-refractivity contribution is 5.97. The Bertz CT molecular complexity index is 986. The molecule has 2 N–H and O–H groups in total. The summed E-state index contributed by atoms with van der Waals surface area (Å²) >= 11 is 0. The molecule has 1 aliphatic carbocycles. The molecule has 7 heteroatoms. The van der Waals surface area contributed by atoms with Gasteiger partial charge >= 0.3 is 5.97 Å². The Labute approximate surface area is 189 Å². The van der Waals surface area contributed by atoms with Crippen LogP contribution in [0, 0.1) is 19.8 Å². The fourth-order valence-corrected chi connectivity index (χ4v) is 4.34. The van der Waals surface area contributed by atoms with Crippen LogP contribution in [0.4, 0.5) is 0 Å². The molecule has 0 aliphatic heterocycles. The van der Waals surface area contributed by atoms with Crippen molar-refractivity contribution in [2.45, 2.75) is 65.0 Å². The van der Waals surface area contributed by atoms with Crippen molar-refractivity contribution in [2.24, 2.45) is 5.92 Å². The van der Waals surface area contributed by atoms with Gasteiger partial charge in [-0.05, 0) is 57.6 Å². The van der Waals surface area contributed by atoms with Crippen LogP contribution in [0.15, 0.2) is 30.5 Å². The van der Waals surface area contributed by atoms with Gasteiger partial charge in [0.25, 0.3) is 5.91 Å². The first-order valence-corrected chi connectivity index (χ1v) is 11.0. The second-order valence-electron chi connectivity index (χ2n) is 8.62. The maximum Gasteiger partial charge on any atom is 0.328 e. The fraction of sp³-hybridized carbons (Fsp3) is 0.480. The molecule has 0 spiro atoms. The van der Waals surface area contributed by atoms with Crippen molar-refractivity contribution in [2.75, 3.05) is 7.11 Å². The van der Waals surface area contributed by atoms with Crippen LogP contribution >= 0.6 is 0 Å². The van der Waals surface area contributed by atoms with Crippen LogP contribution in [0.5, 0.6) is 11.5 Å². The molecule has 1 saturated carbocycles. The number of nitrogens with zero attached hydrogens (tertiary/aromatic N) is 1. The Hall–Kier alpha value is -3.09. The van der Waals surface area contributed by atoms with Gasteiger partial charge < -0.3 is 19.9 Å². The molecule has 0 unspecified atom stereocenters. The summed E-state index contributed by atoms with van der Waals surface area (Å²) in [5.74, 6) is -0.861. The monoisotopic (exact) mass is 440 g/mol. The minimum Gasteiger partial charge on any atom is -0.503 e. The van der Waals surface area contributed by atoms with Gasteiger partial charge in [0, 0.05) is 18.2 Å². The minimum absolute atomic E-state index is 0.111. The number of rotatable bonds is 8. The highest BCUT2D eigenvalue weighted by Gasteiger charge is 2.36. The fourth-order valence-electron chi connectivity index (χ4n) is 4.34. The molecule has 0 saturated heterocycles.